The first-order valence-electron chi connectivity index (χ1n) is 4.63. The molecule has 1 heterocycles. The van der Waals surface area contributed by atoms with Crippen molar-refractivity contribution in [2.75, 3.05) is 26.7 Å². The van der Waals surface area contributed by atoms with Crippen LogP contribution in [-0.2, 0) is 0 Å². The van der Waals surface area contributed by atoms with Crippen LogP contribution in [0.5, 0.6) is 0 Å². The Morgan fingerprint density at radius 2 is 1.75 bits per heavy atom. The molecule has 72 valence electrons. The van der Waals surface area contributed by atoms with Gasteiger partial charge in [0.25, 0.3) is 5.92 Å². The summed E-state index contributed by atoms with van der Waals surface area (Å²) < 4.78 is 25.9. The molecule has 1 saturated heterocycles. The zero-order valence-corrected chi connectivity index (χ0v) is 7.95. The molecule has 0 amide bonds. The number of hydrogen-bond acceptors (Lipinski definition) is 0. The van der Waals surface area contributed by atoms with Gasteiger partial charge in [-0.1, -0.05) is 0 Å². The molecule has 0 aromatic rings. The van der Waals surface area contributed by atoms with Crippen molar-refractivity contribution in [2.45, 2.75) is 32.1 Å². The van der Waals surface area contributed by atoms with Crippen molar-refractivity contribution in [3.8, 4) is 0 Å². The maximum absolute atomic E-state index is 12.5. The molecule has 0 aromatic carbocycles. The van der Waals surface area contributed by atoms with Gasteiger partial charge >= 0.3 is 0 Å². The highest BCUT2D eigenvalue weighted by Gasteiger charge is 2.31. The van der Waals surface area contributed by atoms with Gasteiger partial charge in [-0.3, -0.25) is 0 Å². The zero-order valence-electron chi connectivity index (χ0n) is 7.95. The summed E-state index contributed by atoms with van der Waals surface area (Å²) in [6.07, 6.45) is 2.43. The van der Waals surface area contributed by atoms with E-state index in [0.29, 0.717) is 6.54 Å². The van der Waals surface area contributed by atoms with Crippen molar-refractivity contribution in [1.82, 2.24) is 0 Å². The number of halogens is 2. The van der Waals surface area contributed by atoms with Crippen molar-refractivity contribution < 1.29 is 13.3 Å². The maximum Gasteiger partial charge on any atom is 0.250 e. The normalized spacial score (nSPS) is 23.0. The Morgan fingerprint density at radius 3 is 2.17 bits per heavy atom. The van der Waals surface area contributed by atoms with Crippen LogP contribution in [0.4, 0.5) is 8.78 Å². The molecule has 1 nitrogen and oxygen atoms in total. The van der Waals surface area contributed by atoms with Gasteiger partial charge in [0.15, 0.2) is 0 Å². The van der Waals surface area contributed by atoms with Gasteiger partial charge in [0.1, 0.15) is 0 Å². The molecule has 1 fully saturated rings. The van der Waals surface area contributed by atoms with E-state index in [1.165, 1.54) is 12.8 Å². The Bertz CT molecular complexity index is 145. The summed E-state index contributed by atoms with van der Waals surface area (Å²) in [6.45, 7) is 3.80. The van der Waals surface area contributed by atoms with E-state index in [2.05, 4.69) is 7.05 Å². The third kappa shape index (κ3) is 3.05. The quantitative estimate of drug-likeness (QED) is 0.581. The topological polar surface area (TPSA) is 0 Å². The summed E-state index contributed by atoms with van der Waals surface area (Å²) >= 11 is 0. The number of hydrogen-bond donors (Lipinski definition) is 0. The minimum Gasteiger partial charge on any atom is -0.326 e. The van der Waals surface area contributed by atoms with Gasteiger partial charge in [0, 0.05) is 12.8 Å². The molecule has 0 saturated carbocycles. The monoisotopic (exact) mass is 178 g/mol. The van der Waals surface area contributed by atoms with E-state index >= 15 is 0 Å². The third-order valence-corrected chi connectivity index (χ3v) is 2.74. The van der Waals surface area contributed by atoms with Crippen molar-refractivity contribution >= 4 is 0 Å². The standard InChI is InChI=1S/C9H18F2N/c1-9(10,11)5-8-12(2)6-3-4-7-12/h3-8H2,1-2H3/q+1. The number of nitrogens with zero attached hydrogens (tertiary/aromatic N) is 1. The first-order valence-corrected chi connectivity index (χ1v) is 4.63. The average molecular weight is 178 g/mol. The number of likely N-dealkylation sites (tertiary alicyclic amines) is 1. The second kappa shape index (κ2) is 3.29. The first-order chi connectivity index (χ1) is 5.41. The molecule has 0 aromatic heterocycles. The van der Waals surface area contributed by atoms with Crippen molar-refractivity contribution in [2.24, 2.45) is 0 Å². The molecule has 1 aliphatic rings. The molecule has 1 aliphatic heterocycles. The highest BCUT2D eigenvalue weighted by molar-refractivity contribution is 4.59. The van der Waals surface area contributed by atoms with E-state index in [4.69, 9.17) is 0 Å². The van der Waals surface area contributed by atoms with Crippen LogP contribution in [0.15, 0.2) is 0 Å². The van der Waals surface area contributed by atoms with Gasteiger partial charge in [-0.2, -0.15) is 0 Å². The molecule has 0 unspecified atom stereocenters. The minimum absolute atomic E-state index is 0.0312. The molecular formula is C9H18F2N+. The van der Waals surface area contributed by atoms with Gasteiger partial charge < -0.3 is 4.48 Å². The molecule has 12 heavy (non-hydrogen) atoms. The molecule has 1 rings (SSSR count). The lowest BCUT2D eigenvalue weighted by atomic mass is 10.2. The van der Waals surface area contributed by atoms with Gasteiger partial charge in [-0.15, -0.1) is 0 Å². The summed E-state index contributed by atoms with van der Waals surface area (Å²) in [6, 6.07) is 0. The van der Waals surface area contributed by atoms with Crippen LogP contribution in [0.1, 0.15) is 26.2 Å². The fourth-order valence-electron chi connectivity index (χ4n) is 1.79. The fourth-order valence-corrected chi connectivity index (χ4v) is 1.79. The van der Waals surface area contributed by atoms with E-state index in [1.807, 2.05) is 0 Å². The van der Waals surface area contributed by atoms with Crippen LogP contribution in [-0.4, -0.2) is 37.1 Å². The summed E-state index contributed by atoms with van der Waals surface area (Å²) in [7, 11) is 2.08. The largest absolute Gasteiger partial charge is 0.326 e. The van der Waals surface area contributed by atoms with Crippen LogP contribution < -0.4 is 0 Å². The van der Waals surface area contributed by atoms with Gasteiger partial charge in [0.2, 0.25) is 0 Å². The lowest BCUT2D eigenvalue weighted by Crippen LogP contribution is -2.43. The molecule has 0 aliphatic carbocycles. The second-order valence-electron chi connectivity index (χ2n) is 4.32. The van der Waals surface area contributed by atoms with Crippen molar-refractivity contribution in [3.05, 3.63) is 0 Å². The van der Waals surface area contributed by atoms with Gasteiger partial charge in [-0.25, -0.2) is 8.78 Å². The first kappa shape index (κ1) is 9.90. The van der Waals surface area contributed by atoms with Gasteiger partial charge in [-0.05, 0) is 6.92 Å². The fraction of sp³-hybridized carbons (Fsp3) is 1.00. The molecular weight excluding hydrogens is 160 g/mol. The summed E-state index contributed by atoms with van der Waals surface area (Å²) in [5.41, 5.74) is 0. The van der Waals surface area contributed by atoms with Crippen molar-refractivity contribution in [1.29, 1.82) is 0 Å². The Hall–Kier alpha value is -0.180. The molecule has 0 spiro atoms. The Morgan fingerprint density at radius 1 is 1.25 bits per heavy atom. The third-order valence-electron chi connectivity index (χ3n) is 2.74. The van der Waals surface area contributed by atoms with Crippen molar-refractivity contribution in [3.63, 3.8) is 0 Å². The lowest BCUT2D eigenvalue weighted by molar-refractivity contribution is -0.898. The highest BCUT2D eigenvalue weighted by atomic mass is 19.3. The van der Waals surface area contributed by atoms with Crippen LogP contribution in [0, 0.1) is 0 Å². The SMILES string of the molecule is CC(F)(F)CC[N+]1(C)CCCC1. The van der Waals surface area contributed by atoms with Gasteiger partial charge in [0.05, 0.1) is 33.1 Å². The van der Waals surface area contributed by atoms with E-state index in [-0.39, 0.29) is 6.42 Å². The van der Waals surface area contributed by atoms with E-state index in [9.17, 15) is 8.78 Å². The molecule has 0 bridgehead atoms. The predicted octanol–water partition coefficient (Wildman–Crippen LogP) is 2.27. The molecule has 3 heteroatoms. The average Bonchev–Trinajstić information content (AvgIpc) is 2.32. The Labute approximate surface area is 73.0 Å². The summed E-state index contributed by atoms with van der Waals surface area (Å²) in [5.74, 6) is -2.48. The van der Waals surface area contributed by atoms with E-state index in [0.717, 1.165) is 24.5 Å². The number of quaternary nitrogens is 1. The van der Waals surface area contributed by atoms with Crippen LogP contribution in [0.25, 0.3) is 0 Å². The highest BCUT2D eigenvalue weighted by Crippen LogP contribution is 2.22. The molecule has 0 N–H and O–H groups in total. The predicted molar refractivity (Wildman–Crippen MR) is 45.3 cm³/mol. The Balaban J connectivity index is 2.30. The number of rotatable bonds is 3. The lowest BCUT2D eigenvalue weighted by Gasteiger charge is -2.30. The minimum atomic E-state index is -2.48. The van der Waals surface area contributed by atoms with Crippen LogP contribution in [0.2, 0.25) is 0 Å². The zero-order chi connectivity index (χ0) is 9.24. The van der Waals surface area contributed by atoms with Crippen LogP contribution >= 0.6 is 0 Å². The Kier molecular flexibility index (Phi) is 2.71. The van der Waals surface area contributed by atoms with Crippen LogP contribution in [0.3, 0.4) is 0 Å². The van der Waals surface area contributed by atoms with E-state index < -0.39 is 5.92 Å². The van der Waals surface area contributed by atoms with E-state index in [1.54, 1.807) is 0 Å². The maximum atomic E-state index is 12.5. The summed E-state index contributed by atoms with van der Waals surface area (Å²) in [4.78, 5) is 0. The smallest absolute Gasteiger partial charge is 0.250 e. The summed E-state index contributed by atoms with van der Waals surface area (Å²) in [5, 5.41) is 0. The second-order valence-corrected chi connectivity index (χ2v) is 4.32. The number of alkyl halides is 2. The molecule has 0 radical (unpaired) electrons. The molecule has 0 atom stereocenters.